The fourth-order valence-corrected chi connectivity index (χ4v) is 5.38. The van der Waals surface area contributed by atoms with Gasteiger partial charge in [-0.25, -0.2) is 8.42 Å². The largest absolute Gasteiger partial charge is 0.493 e. The fourth-order valence-electron chi connectivity index (χ4n) is 3.83. The van der Waals surface area contributed by atoms with Gasteiger partial charge in [0.25, 0.3) is 0 Å². The van der Waals surface area contributed by atoms with Crippen molar-refractivity contribution in [1.29, 1.82) is 0 Å². The Labute approximate surface area is 187 Å². The Bertz CT molecular complexity index is 1150. The van der Waals surface area contributed by atoms with Crippen molar-refractivity contribution in [1.82, 2.24) is 14.4 Å². The number of sulfonamides is 1. The number of rotatable bonds is 7. The van der Waals surface area contributed by atoms with Gasteiger partial charge in [0.2, 0.25) is 27.5 Å². The third-order valence-electron chi connectivity index (χ3n) is 5.48. The third-order valence-corrected chi connectivity index (χ3v) is 7.36. The SMILES string of the molecule is COc1cc(-c2noc([C@H]3CCCN(S(=O)(=O)c4ccccc4)C3)n2)cc(OC)c1OC. The van der Waals surface area contributed by atoms with Crippen molar-refractivity contribution in [2.24, 2.45) is 0 Å². The van der Waals surface area contributed by atoms with Gasteiger partial charge in [-0.1, -0.05) is 23.4 Å². The maximum atomic E-state index is 13.0. The van der Waals surface area contributed by atoms with E-state index in [0.717, 1.165) is 6.42 Å². The molecule has 1 atom stereocenters. The first kappa shape index (κ1) is 22.1. The Morgan fingerprint density at radius 3 is 2.34 bits per heavy atom. The first-order valence-electron chi connectivity index (χ1n) is 10.2. The second-order valence-corrected chi connectivity index (χ2v) is 9.32. The standard InChI is InChI=1S/C22H25N3O6S/c1-28-18-12-16(13-19(29-2)20(18)30-3)21-23-22(31-24-21)15-8-7-11-25(14-15)32(26,27)17-9-5-4-6-10-17/h4-6,9-10,12-13,15H,7-8,11,14H2,1-3H3/t15-/m0/s1. The van der Waals surface area contributed by atoms with Crippen molar-refractivity contribution in [2.45, 2.75) is 23.7 Å². The number of methoxy groups -OCH3 is 3. The highest BCUT2D eigenvalue weighted by atomic mass is 32.2. The first-order valence-corrected chi connectivity index (χ1v) is 11.6. The molecule has 32 heavy (non-hydrogen) atoms. The maximum Gasteiger partial charge on any atom is 0.243 e. The van der Waals surface area contributed by atoms with Crippen LogP contribution in [0.25, 0.3) is 11.4 Å². The Balaban J connectivity index is 1.59. The van der Waals surface area contributed by atoms with E-state index in [0.29, 0.717) is 47.5 Å². The highest BCUT2D eigenvalue weighted by molar-refractivity contribution is 7.89. The van der Waals surface area contributed by atoms with Crippen LogP contribution in [0.1, 0.15) is 24.7 Å². The van der Waals surface area contributed by atoms with E-state index in [-0.39, 0.29) is 17.4 Å². The molecule has 1 aromatic heterocycles. The van der Waals surface area contributed by atoms with Gasteiger partial charge in [-0.15, -0.1) is 0 Å². The zero-order valence-electron chi connectivity index (χ0n) is 18.1. The van der Waals surface area contributed by atoms with Gasteiger partial charge in [0, 0.05) is 18.7 Å². The van der Waals surface area contributed by atoms with E-state index in [1.165, 1.54) is 25.6 Å². The number of hydrogen-bond acceptors (Lipinski definition) is 8. The van der Waals surface area contributed by atoms with Crippen molar-refractivity contribution in [2.75, 3.05) is 34.4 Å². The van der Waals surface area contributed by atoms with Crippen LogP contribution >= 0.6 is 0 Å². The lowest BCUT2D eigenvalue weighted by Crippen LogP contribution is -2.39. The number of ether oxygens (including phenoxy) is 3. The topological polar surface area (TPSA) is 104 Å². The average molecular weight is 460 g/mol. The monoisotopic (exact) mass is 459 g/mol. The van der Waals surface area contributed by atoms with E-state index in [2.05, 4.69) is 10.1 Å². The van der Waals surface area contributed by atoms with Crippen LogP contribution in [0.4, 0.5) is 0 Å². The van der Waals surface area contributed by atoms with E-state index in [1.807, 2.05) is 0 Å². The predicted octanol–water partition coefficient (Wildman–Crippen LogP) is 3.33. The van der Waals surface area contributed by atoms with Crippen LogP contribution in [0.15, 0.2) is 51.9 Å². The summed E-state index contributed by atoms with van der Waals surface area (Å²) in [6, 6.07) is 11.9. The van der Waals surface area contributed by atoms with Gasteiger partial charge in [0.1, 0.15) is 0 Å². The van der Waals surface area contributed by atoms with Crippen LogP contribution in [-0.4, -0.2) is 57.3 Å². The Morgan fingerprint density at radius 2 is 1.72 bits per heavy atom. The van der Waals surface area contributed by atoms with Gasteiger partial charge in [-0.05, 0) is 37.1 Å². The van der Waals surface area contributed by atoms with E-state index in [4.69, 9.17) is 18.7 Å². The number of nitrogens with zero attached hydrogens (tertiary/aromatic N) is 3. The Hall–Kier alpha value is -3.11. The van der Waals surface area contributed by atoms with Gasteiger partial charge < -0.3 is 18.7 Å². The molecule has 4 rings (SSSR count). The number of benzene rings is 2. The fraction of sp³-hybridized carbons (Fsp3) is 0.364. The zero-order valence-corrected chi connectivity index (χ0v) is 19.0. The van der Waals surface area contributed by atoms with Crippen LogP contribution in [0.2, 0.25) is 0 Å². The number of piperidine rings is 1. The lowest BCUT2D eigenvalue weighted by atomic mass is 10.00. The van der Waals surface area contributed by atoms with E-state index in [9.17, 15) is 8.42 Å². The molecular weight excluding hydrogens is 434 g/mol. The van der Waals surface area contributed by atoms with E-state index >= 15 is 0 Å². The average Bonchev–Trinajstić information content (AvgIpc) is 3.34. The van der Waals surface area contributed by atoms with Gasteiger partial charge in [0.05, 0.1) is 32.1 Å². The molecule has 0 bridgehead atoms. The highest BCUT2D eigenvalue weighted by Crippen LogP contribution is 2.41. The molecule has 0 unspecified atom stereocenters. The lowest BCUT2D eigenvalue weighted by Gasteiger charge is -2.30. The maximum absolute atomic E-state index is 13.0. The zero-order chi connectivity index (χ0) is 22.7. The van der Waals surface area contributed by atoms with Crippen LogP contribution in [0, 0.1) is 0 Å². The first-order chi connectivity index (χ1) is 15.5. The molecule has 0 saturated carbocycles. The molecule has 0 aliphatic carbocycles. The minimum Gasteiger partial charge on any atom is -0.493 e. The molecule has 2 aromatic carbocycles. The van der Waals surface area contributed by atoms with Crippen LogP contribution in [-0.2, 0) is 10.0 Å². The summed E-state index contributed by atoms with van der Waals surface area (Å²) in [6.07, 6.45) is 1.47. The van der Waals surface area contributed by atoms with Crippen LogP contribution in [0.3, 0.4) is 0 Å². The van der Waals surface area contributed by atoms with Gasteiger partial charge >= 0.3 is 0 Å². The molecule has 3 aromatic rings. The summed E-state index contributed by atoms with van der Waals surface area (Å²) in [5.41, 5.74) is 0.638. The Kier molecular flexibility index (Phi) is 6.33. The minimum absolute atomic E-state index is 0.189. The predicted molar refractivity (Wildman–Crippen MR) is 117 cm³/mol. The molecule has 10 heteroatoms. The molecule has 0 N–H and O–H groups in total. The molecule has 2 heterocycles. The van der Waals surface area contributed by atoms with E-state index in [1.54, 1.807) is 42.5 Å². The summed E-state index contributed by atoms with van der Waals surface area (Å²) in [4.78, 5) is 4.83. The molecule has 9 nitrogen and oxygen atoms in total. The number of aromatic nitrogens is 2. The second-order valence-electron chi connectivity index (χ2n) is 7.39. The number of hydrogen-bond donors (Lipinski definition) is 0. The molecule has 1 aliphatic rings. The quantitative estimate of drug-likeness (QED) is 0.530. The van der Waals surface area contributed by atoms with Crippen molar-refractivity contribution >= 4 is 10.0 Å². The third kappa shape index (κ3) is 4.15. The molecule has 1 saturated heterocycles. The minimum atomic E-state index is -3.58. The molecule has 1 fully saturated rings. The summed E-state index contributed by atoms with van der Waals surface area (Å²) >= 11 is 0. The van der Waals surface area contributed by atoms with Crippen molar-refractivity contribution in [3.8, 4) is 28.6 Å². The molecule has 170 valence electrons. The van der Waals surface area contributed by atoms with Crippen molar-refractivity contribution < 1.29 is 27.2 Å². The second kappa shape index (κ2) is 9.17. The summed E-state index contributed by atoms with van der Waals surface area (Å²) in [5.74, 6) is 2.00. The molecule has 0 spiro atoms. The smallest absolute Gasteiger partial charge is 0.243 e. The van der Waals surface area contributed by atoms with Crippen molar-refractivity contribution in [3.63, 3.8) is 0 Å². The lowest BCUT2D eigenvalue weighted by molar-refractivity contribution is 0.265. The Morgan fingerprint density at radius 1 is 1.03 bits per heavy atom. The highest BCUT2D eigenvalue weighted by Gasteiger charge is 2.33. The summed E-state index contributed by atoms with van der Waals surface area (Å²) < 4.78 is 49.2. The molecule has 0 radical (unpaired) electrons. The normalized spacial score (nSPS) is 17.2. The summed E-state index contributed by atoms with van der Waals surface area (Å²) in [5, 5.41) is 4.11. The van der Waals surface area contributed by atoms with E-state index < -0.39 is 10.0 Å². The summed E-state index contributed by atoms with van der Waals surface area (Å²) in [7, 11) is 1.02. The molecule has 0 amide bonds. The van der Waals surface area contributed by atoms with Crippen LogP contribution in [0.5, 0.6) is 17.2 Å². The summed E-state index contributed by atoms with van der Waals surface area (Å²) in [6.45, 7) is 0.746. The van der Waals surface area contributed by atoms with Gasteiger partial charge in [0.15, 0.2) is 11.5 Å². The molecule has 1 aliphatic heterocycles. The van der Waals surface area contributed by atoms with Crippen LogP contribution < -0.4 is 14.2 Å². The molecular formula is C22H25N3O6S. The van der Waals surface area contributed by atoms with Crippen molar-refractivity contribution in [3.05, 3.63) is 48.4 Å². The van der Waals surface area contributed by atoms with Gasteiger partial charge in [-0.3, -0.25) is 0 Å². The van der Waals surface area contributed by atoms with Gasteiger partial charge in [-0.2, -0.15) is 9.29 Å².